The maximum absolute atomic E-state index is 11.8. The zero-order valence-corrected chi connectivity index (χ0v) is 9.75. The molecule has 0 saturated carbocycles. The van der Waals surface area contributed by atoms with E-state index in [9.17, 15) is 4.79 Å². The van der Waals surface area contributed by atoms with Gasteiger partial charge in [0.2, 0.25) is 5.91 Å². The highest BCUT2D eigenvalue weighted by Gasteiger charge is 2.28. The second-order valence-corrected chi connectivity index (χ2v) is 5.03. The van der Waals surface area contributed by atoms with Crippen LogP contribution in [0, 0.1) is 24.3 Å². The van der Waals surface area contributed by atoms with Crippen molar-refractivity contribution in [2.45, 2.75) is 13.3 Å². The third kappa shape index (κ3) is 2.31. The summed E-state index contributed by atoms with van der Waals surface area (Å²) in [7, 11) is 0. The van der Waals surface area contributed by atoms with E-state index in [1.165, 1.54) is 11.3 Å². The van der Waals surface area contributed by atoms with E-state index >= 15 is 0 Å². The number of nitrogens with one attached hydrogen (secondary N) is 1. The quantitative estimate of drug-likeness (QED) is 0.783. The van der Waals surface area contributed by atoms with E-state index in [4.69, 9.17) is 5.26 Å². The van der Waals surface area contributed by atoms with Crippen molar-refractivity contribution >= 4 is 22.4 Å². The summed E-state index contributed by atoms with van der Waals surface area (Å²) in [6.07, 6.45) is 4.53. The molecule has 2 heterocycles. The Kier molecular flexibility index (Phi) is 3.06. The van der Waals surface area contributed by atoms with Gasteiger partial charge in [-0.3, -0.25) is 4.79 Å². The zero-order chi connectivity index (χ0) is 11.5. The van der Waals surface area contributed by atoms with Crippen molar-refractivity contribution in [3.05, 3.63) is 11.1 Å². The van der Waals surface area contributed by atoms with Gasteiger partial charge in [0.05, 0.1) is 5.92 Å². The van der Waals surface area contributed by atoms with Crippen LogP contribution >= 0.6 is 11.3 Å². The number of aromatic nitrogens is 1. The standard InChI is InChI=1S/C10H12N4OS/c1-7-4-12-10(16-7)13-9(15)8-2-3-14(5-8)6-11/h4,8H,2-3,5H2,1H3,(H,12,13,15)/t8-/m0/s1. The lowest BCUT2D eigenvalue weighted by Gasteiger charge is -2.08. The van der Waals surface area contributed by atoms with E-state index in [-0.39, 0.29) is 11.8 Å². The highest BCUT2D eigenvalue weighted by atomic mass is 32.1. The molecule has 84 valence electrons. The van der Waals surface area contributed by atoms with Crippen LogP contribution in [0.2, 0.25) is 0 Å². The zero-order valence-electron chi connectivity index (χ0n) is 8.93. The lowest BCUT2D eigenvalue weighted by atomic mass is 10.1. The topological polar surface area (TPSA) is 69.0 Å². The average molecular weight is 236 g/mol. The summed E-state index contributed by atoms with van der Waals surface area (Å²) in [4.78, 5) is 18.6. The molecule has 1 aromatic heterocycles. The minimum atomic E-state index is -0.0937. The Morgan fingerprint density at radius 3 is 3.19 bits per heavy atom. The van der Waals surface area contributed by atoms with Gasteiger partial charge in [-0.1, -0.05) is 0 Å². The predicted octanol–water partition coefficient (Wildman–Crippen LogP) is 1.19. The van der Waals surface area contributed by atoms with E-state index < -0.39 is 0 Å². The number of anilines is 1. The number of hydrogen-bond donors (Lipinski definition) is 1. The van der Waals surface area contributed by atoms with Crippen LogP contribution in [-0.4, -0.2) is 28.9 Å². The van der Waals surface area contributed by atoms with Gasteiger partial charge >= 0.3 is 0 Å². The molecule has 0 spiro atoms. The fraction of sp³-hybridized carbons (Fsp3) is 0.500. The van der Waals surface area contributed by atoms with Crippen LogP contribution in [0.5, 0.6) is 0 Å². The van der Waals surface area contributed by atoms with E-state index in [1.54, 1.807) is 11.1 Å². The molecular weight excluding hydrogens is 224 g/mol. The van der Waals surface area contributed by atoms with Gasteiger partial charge in [-0.05, 0) is 13.3 Å². The largest absolute Gasteiger partial charge is 0.310 e. The van der Waals surface area contributed by atoms with E-state index in [2.05, 4.69) is 16.5 Å². The molecule has 1 aliphatic rings. The van der Waals surface area contributed by atoms with Gasteiger partial charge in [0.1, 0.15) is 0 Å². The first-order valence-electron chi connectivity index (χ1n) is 5.07. The fourth-order valence-corrected chi connectivity index (χ4v) is 2.35. The number of carbonyl (C=O) groups is 1. The highest BCUT2D eigenvalue weighted by molar-refractivity contribution is 7.15. The number of hydrogen-bond acceptors (Lipinski definition) is 5. The molecule has 0 unspecified atom stereocenters. The second-order valence-electron chi connectivity index (χ2n) is 3.80. The number of likely N-dealkylation sites (tertiary alicyclic amines) is 1. The smallest absolute Gasteiger partial charge is 0.231 e. The predicted molar refractivity (Wildman–Crippen MR) is 60.8 cm³/mol. The van der Waals surface area contributed by atoms with Crippen LogP contribution in [0.1, 0.15) is 11.3 Å². The molecule has 16 heavy (non-hydrogen) atoms. The molecule has 5 nitrogen and oxygen atoms in total. The van der Waals surface area contributed by atoms with Crippen molar-refractivity contribution < 1.29 is 4.79 Å². The van der Waals surface area contributed by atoms with Gasteiger partial charge in [0.15, 0.2) is 11.3 Å². The Bertz CT molecular complexity index is 436. The van der Waals surface area contributed by atoms with Crippen LogP contribution in [0.25, 0.3) is 0 Å². The van der Waals surface area contributed by atoms with Crippen molar-refractivity contribution in [3.8, 4) is 6.19 Å². The Balaban J connectivity index is 1.92. The molecule has 1 aliphatic heterocycles. The van der Waals surface area contributed by atoms with Crippen LogP contribution < -0.4 is 5.32 Å². The molecule has 1 N–H and O–H groups in total. The van der Waals surface area contributed by atoms with Gasteiger partial charge in [-0.25, -0.2) is 4.98 Å². The van der Waals surface area contributed by atoms with E-state index in [1.807, 2.05) is 6.92 Å². The van der Waals surface area contributed by atoms with Crippen LogP contribution in [0.4, 0.5) is 5.13 Å². The van der Waals surface area contributed by atoms with E-state index in [0.717, 1.165) is 11.3 Å². The summed E-state index contributed by atoms with van der Waals surface area (Å²) in [6, 6.07) is 0. The third-order valence-electron chi connectivity index (χ3n) is 2.55. The van der Waals surface area contributed by atoms with Crippen molar-refractivity contribution in [1.82, 2.24) is 9.88 Å². The lowest BCUT2D eigenvalue weighted by molar-refractivity contribution is -0.119. The minimum absolute atomic E-state index is 0.0351. The monoisotopic (exact) mass is 236 g/mol. The van der Waals surface area contributed by atoms with Gasteiger partial charge < -0.3 is 10.2 Å². The summed E-state index contributed by atoms with van der Waals surface area (Å²) < 4.78 is 0. The van der Waals surface area contributed by atoms with Crippen LogP contribution in [0.3, 0.4) is 0 Å². The summed E-state index contributed by atoms with van der Waals surface area (Å²) in [5.74, 6) is -0.129. The number of thiazole rings is 1. The maximum Gasteiger partial charge on any atom is 0.231 e. The number of nitrogens with zero attached hydrogens (tertiary/aromatic N) is 3. The van der Waals surface area contributed by atoms with Gasteiger partial charge in [-0.15, -0.1) is 11.3 Å². The number of rotatable bonds is 2. The van der Waals surface area contributed by atoms with Gasteiger partial charge in [-0.2, -0.15) is 5.26 Å². The summed E-state index contributed by atoms with van der Waals surface area (Å²) >= 11 is 1.46. The molecule has 0 aliphatic carbocycles. The Morgan fingerprint density at radius 1 is 1.81 bits per heavy atom. The third-order valence-corrected chi connectivity index (χ3v) is 3.38. The molecule has 0 radical (unpaired) electrons. The summed E-state index contributed by atoms with van der Waals surface area (Å²) in [5.41, 5.74) is 0. The molecule has 1 saturated heterocycles. The lowest BCUT2D eigenvalue weighted by Crippen LogP contribution is -2.25. The first-order chi connectivity index (χ1) is 7.69. The van der Waals surface area contributed by atoms with Crippen molar-refractivity contribution in [3.63, 3.8) is 0 Å². The molecule has 1 atom stereocenters. The molecule has 0 bridgehead atoms. The normalized spacial score (nSPS) is 19.5. The fourth-order valence-electron chi connectivity index (χ4n) is 1.69. The molecule has 1 fully saturated rings. The van der Waals surface area contributed by atoms with Gasteiger partial charge in [0.25, 0.3) is 0 Å². The molecule has 2 rings (SSSR count). The summed E-state index contributed by atoms with van der Waals surface area (Å²) in [6.45, 7) is 3.14. The molecule has 0 aromatic carbocycles. The number of aryl methyl sites for hydroxylation is 1. The number of nitriles is 1. The summed E-state index contributed by atoms with van der Waals surface area (Å²) in [5, 5.41) is 12.1. The molecule has 1 aromatic rings. The maximum atomic E-state index is 11.8. The number of carbonyl (C=O) groups excluding carboxylic acids is 1. The minimum Gasteiger partial charge on any atom is -0.310 e. The van der Waals surface area contributed by atoms with Crippen LogP contribution in [-0.2, 0) is 4.79 Å². The second kappa shape index (κ2) is 4.49. The van der Waals surface area contributed by atoms with Crippen molar-refractivity contribution in [2.75, 3.05) is 18.4 Å². The van der Waals surface area contributed by atoms with Crippen molar-refractivity contribution in [2.24, 2.45) is 5.92 Å². The highest BCUT2D eigenvalue weighted by Crippen LogP contribution is 2.20. The van der Waals surface area contributed by atoms with Gasteiger partial charge in [0, 0.05) is 24.2 Å². The Morgan fingerprint density at radius 2 is 2.62 bits per heavy atom. The SMILES string of the molecule is Cc1cnc(NC(=O)[C@H]2CCN(C#N)C2)s1. The van der Waals surface area contributed by atoms with E-state index in [0.29, 0.717) is 18.2 Å². The van der Waals surface area contributed by atoms with Crippen LogP contribution in [0.15, 0.2) is 6.20 Å². The first kappa shape index (κ1) is 10.9. The Labute approximate surface area is 97.7 Å². The molecular formula is C10H12N4OS. The molecule has 1 amide bonds. The first-order valence-corrected chi connectivity index (χ1v) is 5.88. The molecule has 6 heteroatoms. The number of amides is 1. The Hall–Kier alpha value is -1.61. The van der Waals surface area contributed by atoms with Crippen molar-refractivity contribution in [1.29, 1.82) is 5.26 Å². The average Bonchev–Trinajstić information content (AvgIpc) is 2.87.